The van der Waals surface area contributed by atoms with Crippen LogP contribution in [0.15, 0.2) is 30.6 Å². The Morgan fingerprint density at radius 1 is 0.955 bits per heavy atom. The van der Waals surface area contributed by atoms with Crippen LogP contribution in [0.25, 0.3) is 23.3 Å². The molecule has 4 heteroatoms. The maximum Gasteiger partial charge on any atom is 0.126 e. The highest BCUT2D eigenvalue weighted by molar-refractivity contribution is 5.80. The molecule has 0 atom stereocenters. The van der Waals surface area contributed by atoms with Crippen LogP contribution in [0, 0.1) is 20.8 Å². The molecule has 22 heavy (non-hydrogen) atoms. The molecule has 4 nitrogen and oxygen atoms in total. The van der Waals surface area contributed by atoms with E-state index in [4.69, 9.17) is 0 Å². The number of aromatic hydroxyl groups is 2. The molecule has 0 saturated heterocycles. The van der Waals surface area contributed by atoms with Gasteiger partial charge in [0.2, 0.25) is 0 Å². The average molecular weight is 294 g/mol. The number of benzene rings is 2. The van der Waals surface area contributed by atoms with E-state index in [0.717, 1.165) is 11.0 Å². The zero-order valence-electron chi connectivity index (χ0n) is 12.8. The molecule has 0 saturated carbocycles. The lowest BCUT2D eigenvalue weighted by molar-refractivity contribution is 0.448. The number of fused-ring (bicyclic) bond motifs is 1. The van der Waals surface area contributed by atoms with Crippen molar-refractivity contribution in [3.8, 4) is 11.5 Å². The lowest BCUT2D eigenvalue weighted by atomic mass is 9.97. The van der Waals surface area contributed by atoms with Crippen LogP contribution in [0.3, 0.4) is 0 Å². The summed E-state index contributed by atoms with van der Waals surface area (Å²) in [5.74, 6) is 0.430. The van der Waals surface area contributed by atoms with Gasteiger partial charge >= 0.3 is 0 Å². The molecule has 0 unspecified atom stereocenters. The van der Waals surface area contributed by atoms with E-state index < -0.39 is 0 Å². The van der Waals surface area contributed by atoms with Crippen LogP contribution in [0.1, 0.15) is 22.3 Å². The van der Waals surface area contributed by atoms with Crippen LogP contribution in [0.5, 0.6) is 11.5 Å². The summed E-state index contributed by atoms with van der Waals surface area (Å²) in [6.07, 6.45) is 5.37. The fourth-order valence-electron chi connectivity index (χ4n) is 2.60. The standard InChI is InChI=1S/C18H18N2O2/c1-11-12(2)18(22)14(13(3)17(11)21)8-9-20-10-19-15-6-4-5-7-16(15)20/h4-10,21-22H,1-3H3/b9-8+. The second-order valence-electron chi connectivity index (χ2n) is 5.44. The average Bonchev–Trinajstić information content (AvgIpc) is 2.94. The summed E-state index contributed by atoms with van der Waals surface area (Å²) in [6, 6.07) is 7.83. The predicted molar refractivity (Wildman–Crippen MR) is 88.9 cm³/mol. The van der Waals surface area contributed by atoms with Crippen molar-refractivity contribution in [2.45, 2.75) is 20.8 Å². The Bertz CT molecular complexity index is 862. The topological polar surface area (TPSA) is 58.3 Å². The normalized spacial score (nSPS) is 11.6. The minimum Gasteiger partial charge on any atom is -0.507 e. The van der Waals surface area contributed by atoms with E-state index in [0.29, 0.717) is 22.3 Å². The quantitative estimate of drug-likeness (QED) is 0.702. The molecule has 0 fully saturated rings. The maximum absolute atomic E-state index is 10.3. The van der Waals surface area contributed by atoms with Gasteiger partial charge in [0.05, 0.1) is 17.4 Å². The summed E-state index contributed by atoms with van der Waals surface area (Å²) in [4.78, 5) is 4.32. The Morgan fingerprint density at radius 3 is 2.41 bits per heavy atom. The highest BCUT2D eigenvalue weighted by atomic mass is 16.3. The first-order chi connectivity index (χ1) is 10.5. The van der Waals surface area contributed by atoms with Crippen LogP contribution < -0.4 is 0 Å². The van der Waals surface area contributed by atoms with E-state index in [2.05, 4.69) is 4.98 Å². The number of phenolic OH excluding ortho intramolecular Hbond substituents is 2. The number of imidazole rings is 1. The van der Waals surface area contributed by atoms with Crippen molar-refractivity contribution in [1.29, 1.82) is 0 Å². The van der Waals surface area contributed by atoms with Crippen LogP contribution in [0.2, 0.25) is 0 Å². The van der Waals surface area contributed by atoms with E-state index in [9.17, 15) is 10.2 Å². The molecule has 1 aromatic heterocycles. The highest BCUT2D eigenvalue weighted by Crippen LogP contribution is 2.37. The number of rotatable bonds is 2. The summed E-state index contributed by atoms with van der Waals surface area (Å²) in [7, 11) is 0. The van der Waals surface area contributed by atoms with E-state index in [1.54, 1.807) is 33.2 Å². The van der Waals surface area contributed by atoms with Crippen molar-refractivity contribution in [1.82, 2.24) is 9.55 Å². The van der Waals surface area contributed by atoms with Crippen molar-refractivity contribution in [2.24, 2.45) is 0 Å². The van der Waals surface area contributed by atoms with Crippen LogP contribution in [-0.2, 0) is 0 Å². The van der Waals surface area contributed by atoms with Gasteiger partial charge in [-0.2, -0.15) is 0 Å². The third kappa shape index (κ3) is 2.13. The smallest absolute Gasteiger partial charge is 0.126 e. The third-order valence-corrected chi connectivity index (χ3v) is 4.17. The zero-order chi connectivity index (χ0) is 15.9. The first kappa shape index (κ1) is 14.2. The molecule has 0 bridgehead atoms. The Kier molecular flexibility index (Phi) is 3.37. The number of para-hydroxylation sites is 2. The Hall–Kier alpha value is -2.75. The fourth-order valence-corrected chi connectivity index (χ4v) is 2.60. The molecule has 112 valence electrons. The van der Waals surface area contributed by atoms with Gasteiger partial charge in [-0.25, -0.2) is 4.98 Å². The van der Waals surface area contributed by atoms with Gasteiger partial charge in [0.15, 0.2) is 0 Å². The van der Waals surface area contributed by atoms with Crippen molar-refractivity contribution >= 4 is 23.3 Å². The maximum atomic E-state index is 10.3. The molecule has 0 radical (unpaired) electrons. The molecule has 3 aromatic rings. The van der Waals surface area contributed by atoms with Crippen molar-refractivity contribution in [2.75, 3.05) is 0 Å². The van der Waals surface area contributed by atoms with Crippen LogP contribution in [-0.4, -0.2) is 19.8 Å². The SMILES string of the molecule is Cc1c(C)c(O)c(/C=C/n2cnc3ccccc32)c(C)c1O. The van der Waals surface area contributed by atoms with Gasteiger partial charge in [-0.05, 0) is 50.1 Å². The van der Waals surface area contributed by atoms with Gasteiger partial charge in [0, 0.05) is 17.3 Å². The Morgan fingerprint density at radius 2 is 1.64 bits per heavy atom. The van der Waals surface area contributed by atoms with Gasteiger partial charge < -0.3 is 14.8 Å². The second-order valence-corrected chi connectivity index (χ2v) is 5.44. The van der Waals surface area contributed by atoms with Gasteiger partial charge in [-0.1, -0.05) is 12.1 Å². The third-order valence-electron chi connectivity index (χ3n) is 4.17. The summed E-state index contributed by atoms with van der Waals surface area (Å²) < 4.78 is 1.89. The monoisotopic (exact) mass is 294 g/mol. The largest absolute Gasteiger partial charge is 0.507 e. The van der Waals surface area contributed by atoms with Crippen molar-refractivity contribution in [3.05, 3.63) is 52.8 Å². The van der Waals surface area contributed by atoms with Gasteiger partial charge in [-0.15, -0.1) is 0 Å². The first-order valence-electron chi connectivity index (χ1n) is 7.12. The molecule has 2 N–H and O–H groups in total. The molecule has 0 aliphatic heterocycles. The molecule has 0 spiro atoms. The molecular weight excluding hydrogens is 276 g/mol. The van der Waals surface area contributed by atoms with Gasteiger partial charge in [0.25, 0.3) is 0 Å². The van der Waals surface area contributed by atoms with E-state index >= 15 is 0 Å². The van der Waals surface area contributed by atoms with Crippen molar-refractivity contribution in [3.63, 3.8) is 0 Å². The van der Waals surface area contributed by atoms with Gasteiger partial charge in [-0.3, -0.25) is 0 Å². The Balaban J connectivity index is 2.10. The number of hydrogen-bond donors (Lipinski definition) is 2. The predicted octanol–water partition coefficient (Wildman–Crippen LogP) is 4.00. The highest BCUT2D eigenvalue weighted by Gasteiger charge is 2.14. The Labute approximate surface area is 129 Å². The van der Waals surface area contributed by atoms with E-state index in [1.807, 2.05) is 35.0 Å². The molecule has 2 aromatic carbocycles. The fraction of sp³-hybridized carbons (Fsp3) is 0.167. The number of hydrogen-bond acceptors (Lipinski definition) is 3. The minimum atomic E-state index is 0.202. The molecule has 0 amide bonds. The molecular formula is C18H18N2O2. The number of phenols is 2. The minimum absolute atomic E-state index is 0.202. The van der Waals surface area contributed by atoms with E-state index in [1.165, 1.54) is 0 Å². The number of aromatic nitrogens is 2. The first-order valence-corrected chi connectivity index (χ1v) is 7.12. The van der Waals surface area contributed by atoms with Crippen LogP contribution >= 0.6 is 0 Å². The summed E-state index contributed by atoms with van der Waals surface area (Å²) in [6.45, 7) is 5.40. The van der Waals surface area contributed by atoms with Crippen molar-refractivity contribution < 1.29 is 10.2 Å². The summed E-state index contributed by atoms with van der Waals surface area (Å²) in [5, 5.41) is 20.5. The molecule has 0 aliphatic rings. The molecule has 1 heterocycles. The summed E-state index contributed by atoms with van der Waals surface area (Å²) >= 11 is 0. The summed E-state index contributed by atoms with van der Waals surface area (Å²) in [5.41, 5.74) is 4.60. The van der Waals surface area contributed by atoms with E-state index in [-0.39, 0.29) is 11.5 Å². The molecule has 0 aliphatic carbocycles. The zero-order valence-corrected chi connectivity index (χ0v) is 12.8. The number of nitrogens with zero attached hydrogens (tertiary/aromatic N) is 2. The molecule has 3 rings (SSSR count). The lowest BCUT2D eigenvalue weighted by Crippen LogP contribution is -1.92. The van der Waals surface area contributed by atoms with Gasteiger partial charge in [0.1, 0.15) is 11.5 Å². The second kappa shape index (κ2) is 5.22. The van der Waals surface area contributed by atoms with Crippen LogP contribution in [0.4, 0.5) is 0 Å². The lowest BCUT2D eigenvalue weighted by Gasteiger charge is -2.13.